The Morgan fingerprint density at radius 2 is 0.925 bits per heavy atom. The Hall–Kier alpha value is -3.42. The van der Waals surface area contributed by atoms with E-state index in [0.717, 1.165) is 11.8 Å². The summed E-state index contributed by atoms with van der Waals surface area (Å²) < 4.78 is 0. The van der Waals surface area contributed by atoms with E-state index in [4.69, 9.17) is 0 Å². The van der Waals surface area contributed by atoms with Gasteiger partial charge in [0.05, 0.1) is 0 Å². The Labute approximate surface area is 324 Å². The minimum absolute atomic E-state index is 0.318. The third-order valence-electron chi connectivity index (χ3n) is 14.4. The zero-order valence-corrected chi connectivity index (χ0v) is 34.7. The molecule has 0 bridgehead atoms. The SMILES string of the molecule is CCC(C)c1ccc(-c2cccc3c2C=C(CC2CCCC2)C3C[SiH2]CC2C(CC3CCCC3)=Cc3c(-c4ccc(C(C)CC)cc4)cccc32)cc1. The Kier molecular flexibility index (Phi) is 11.4. The number of hydrogen-bond donors (Lipinski definition) is 0. The summed E-state index contributed by atoms with van der Waals surface area (Å²) in [5, 5.41) is 0. The summed E-state index contributed by atoms with van der Waals surface area (Å²) in [5.74, 6) is 4.25. The van der Waals surface area contributed by atoms with Crippen LogP contribution >= 0.6 is 0 Å². The summed E-state index contributed by atoms with van der Waals surface area (Å²) in [5.41, 5.74) is 18.5. The number of fused-ring (bicyclic) bond motifs is 2. The Morgan fingerprint density at radius 3 is 1.30 bits per heavy atom. The van der Waals surface area contributed by atoms with Crippen LogP contribution < -0.4 is 0 Å². The van der Waals surface area contributed by atoms with E-state index in [-0.39, 0.29) is 9.52 Å². The smallest absolute Gasteiger partial charge is 0.0218 e. The van der Waals surface area contributed by atoms with Crippen LogP contribution in [-0.2, 0) is 0 Å². The van der Waals surface area contributed by atoms with Crippen molar-refractivity contribution in [2.75, 3.05) is 0 Å². The van der Waals surface area contributed by atoms with Gasteiger partial charge >= 0.3 is 0 Å². The molecule has 0 saturated heterocycles. The lowest BCUT2D eigenvalue weighted by Crippen LogP contribution is -2.10. The van der Waals surface area contributed by atoms with Crippen molar-refractivity contribution in [2.24, 2.45) is 11.8 Å². The average Bonchev–Trinajstić information content (AvgIpc) is 4.03. The van der Waals surface area contributed by atoms with Crippen molar-refractivity contribution in [3.8, 4) is 22.3 Å². The van der Waals surface area contributed by atoms with Crippen LogP contribution in [0.5, 0.6) is 0 Å². The molecular weight excluding hydrogens is 653 g/mol. The highest BCUT2D eigenvalue weighted by Crippen LogP contribution is 2.50. The van der Waals surface area contributed by atoms with Gasteiger partial charge in [-0.2, -0.15) is 0 Å². The second kappa shape index (κ2) is 16.5. The summed E-state index contributed by atoms with van der Waals surface area (Å²) in [6.45, 7) is 9.30. The van der Waals surface area contributed by atoms with Gasteiger partial charge in [-0.25, -0.2) is 0 Å². The molecule has 0 nitrogen and oxygen atoms in total. The lowest BCUT2D eigenvalue weighted by molar-refractivity contribution is 0.530. The average molecular weight is 717 g/mol. The molecule has 4 aliphatic rings. The van der Waals surface area contributed by atoms with Crippen molar-refractivity contribution >= 4 is 21.7 Å². The first-order valence-electron chi connectivity index (χ1n) is 21.9. The number of benzene rings is 4. The minimum atomic E-state index is -0.318. The van der Waals surface area contributed by atoms with Gasteiger partial charge in [0.25, 0.3) is 0 Å². The molecule has 0 aliphatic heterocycles. The van der Waals surface area contributed by atoms with Gasteiger partial charge in [-0.15, -0.1) is 0 Å². The number of allylic oxidation sites excluding steroid dienone is 2. The predicted octanol–water partition coefficient (Wildman–Crippen LogP) is 14.9. The molecule has 4 aliphatic carbocycles. The van der Waals surface area contributed by atoms with Gasteiger partial charge in [-0.3, -0.25) is 0 Å². The molecule has 0 spiro atoms. The molecule has 0 radical (unpaired) electrons. The van der Waals surface area contributed by atoms with E-state index >= 15 is 0 Å². The molecule has 4 aromatic rings. The van der Waals surface area contributed by atoms with Gasteiger partial charge in [0.1, 0.15) is 0 Å². The van der Waals surface area contributed by atoms with Crippen LogP contribution in [0, 0.1) is 11.8 Å². The van der Waals surface area contributed by atoms with Crippen LogP contribution in [0.2, 0.25) is 12.1 Å². The van der Waals surface area contributed by atoms with Crippen molar-refractivity contribution < 1.29 is 0 Å². The van der Waals surface area contributed by atoms with E-state index in [9.17, 15) is 0 Å². The van der Waals surface area contributed by atoms with Crippen LogP contribution in [0.4, 0.5) is 0 Å². The molecule has 4 atom stereocenters. The summed E-state index contributed by atoms with van der Waals surface area (Å²) in [6, 6.07) is 36.4. The van der Waals surface area contributed by atoms with E-state index in [1.54, 1.807) is 22.3 Å². The fourth-order valence-corrected chi connectivity index (χ4v) is 13.1. The van der Waals surface area contributed by atoms with Gasteiger partial charge < -0.3 is 0 Å². The highest BCUT2D eigenvalue weighted by molar-refractivity contribution is 6.36. The van der Waals surface area contributed by atoms with Gasteiger partial charge in [0.15, 0.2) is 0 Å². The Morgan fingerprint density at radius 1 is 0.528 bits per heavy atom. The molecule has 0 aromatic heterocycles. The molecule has 4 unspecified atom stereocenters. The standard InChI is InChI=1S/C52H64Si/c1-5-35(3)39-21-25-41(26-22-39)45-17-11-19-47-49(45)31-43(29-37-13-7-8-14-37)51(47)33-53-34-52-44(30-38-15-9-10-16-38)32-50-46(18-12-20-48(50)52)42-27-23-40(24-28-42)36(4)6-2/h11-12,17-28,31-32,35-38,51-52H,5-10,13-16,29-30,33-34,53H2,1-4H3. The monoisotopic (exact) mass is 716 g/mol. The molecule has 0 heterocycles. The first kappa shape index (κ1) is 36.5. The largest absolute Gasteiger partial charge is 0.0648 e. The predicted molar refractivity (Wildman–Crippen MR) is 234 cm³/mol. The second-order valence-corrected chi connectivity index (χ2v) is 19.5. The van der Waals surface area contributed by atoms with E-state index in [1.165, 1.54) is 134 Å². The van der Waals surface area contributed by atoms with E-state index in [1.807, 2.05) is 0 Å². The van der Waals surface area contributed by atoms with Gasteiger partial charge in [0, 0.05) is 21.4 Å². The number of rotatable bonds is 14. The maximum Gasteiger partial charge on any atom is 0.0218 e. The molecule has 8 rings (SSSR count). The lowest BCUT2D eigenvalue weighted by Gasteiger charge is -2.23. The van der Waals surface area contributed by atoms with Crippen LogP contribution in [0.25, 0.3) is 34.4 Å². The zero-order chi connectivity index (χ0) is 36.3. The van der Waals surface area contributed by atoms with Gasteiger partial charge in [-0.05, 0) is 105 Å². The van der Waals surface area contributed by atoms with Crippen LogP contribution in [0.1, 0.15) is 162 Å². The maximum absolute atomic E-state index is 2.68. The van der Waals surface area contributed by atoms with Crippen molar-refractivity contribution in [2.45, 2.75) is 141 Å². The maximum atomic E-state index is 2.68. The highest BCUT2D eigenvalue weighted by atomic mass is 28.2. The third kappa shape index (κ3) is 7.75. The molecule has 2 saturated carbocycles. The molecular formula is C52H64Si. The second-order valence-electron chi connectivity index (χ2n) is 17.7. The zero-order valence-electron chi connectivity index (χ0n) is 33.3. The molecule has 4 aromatic carbocycles. The minimum Gasteiger partial charge on any atom is -0.0648 e. The van der Waals surface area contributed by atoms with Crippen molar-refractivity contribution in [3.05, 3.63) is 129 Å². The van der Waals surface area contributed by atoms with Crippen LogP contribution in [0.3, 0.4) is 0 Å². The normalized spacial score (nSPS) is 21.3. The topological polar surface area (TPSA) is 0 Å². The van der Waals surface area contributed by atoms with Crippen molar-refractivity contribution in [1.29, 1.82) is 0 Å². The first-order chi connectivity index (χ1) is 26.0. The van der Waals surface area contributed by atoms with E-state index < -0.39 is 0 Å². The quantitative estimate of drug-likeness (QED) is 0.114. The van der Waals surface area contributed by atoms with E-state index in [2.05, 4.69) is 125 Å². The molecule has 0 N–H and O–H groups in total. The first-order valence-corrected chi connectivity index (χ1v) is 23.9. The van der Waals surface area contributed by atoms with Gasteiger partial charge in [-0.1, -0.05) is 199 Å². The molecule has 2 fully saturated rings. The fourth-order valence-electron chi connectivity index (χ4n) is 10.7. The Balaban J connectivity index is 1.06. The fraction of sp³-hybridized carbons (Fsp3) is 0.462. The summed E-state index contributed by atoms with van der Waals surface area (Å²) >= 11 is 0. The van der Waals surface area contributed by atoms with E-state index in [0.29, 0.717) is 23.7 Å². The van der Waals surface area contributed by atoms with Gasteiger partial charge in [0.2, 0.25) is 0 Å². The molecule has 1 heteroatoms. The molecule has 276 valence electrons. The van der Waals surface area contributed by atoms with Crippen molar-refractivity contribution in [1.82, 2.24) is 0 Å². The third-order valence-corrected chi connectivity index (χ3v) is 16.3. The molecule has 0 amide bonds. The number of hydrogen-bond acceptors (Lipinski definition) is 0. The van der Waals surface area contributed by atoms with Crippen molar-refractivity contribution in [3.63, 3.8) is 0 Å². The van der Waals surface area contributed by atoms with Crippen LogP contribution in [0.15, 0.2) is 96.1 Å². The summed E-state index contributed by atoms with van der Waals surface area (Å²) in [7, 11) is -0.318. The van der Waals surface area contributed by atoms with Crippen LogP contribution in [-0.4, -0.2) is 9.52 Å². The lowest BCUT2D eigenvalue weighted by atomic mass is 9.88. The summed E-state index contributed by atoms with van der Waals surface area (Å²) in [4.78, 5) is 0. The molecule has 53 heavy (non-hydrogen) atoms. The summed E-state index contributed by atoms with van der Waals surface area (Å²) in [6.07, 6.45) is 21.8. The Bertz CT molecular complexity index is 1770. The highest BCUT2D eigenvalue weighted by Gasteiger charge is 2.32.